The highest BCUT2D eigenvalue weighted by Crippen LogP contribution is 2.18. The van der Waals surface area contributed by atoms with Crippen LogP contribution in [0.15, 0.2) is 29.2 Å². The fourth-order valence-electron chi connectivity index (χ4n) is 0.768. The van der Waals surface area contributed by atoms with Gasteiger partial charge in [-0.2, -0.15) is 0 Å². The minimum Gasteiger partial charge on any atom is -0.479 e. The maximum atomic E-state index is 5.20. The number of ether oxygens (including phenoxy) is 1. The molecule has 2 nitrogen and oxygen atoms in total. The second kappa shape index (κ2) is 4.26. The summed E-state index contributed by atoms with van der Waals surface area (Å²) in [5.74, 6) is 0.824. The van der Waals surface area contributed by atoms with Crippen LogP contribution in [0.2, 0.25) is 0 Å². The molecule has 1 aromatic carbocycles. The molecule has 1 aromatic rings. The fourth-order valence-corrected chi connectivity index (χ4v) is 1.18. The van der Waals surface area contributed by atoms with Crippen molar-refractivity contribution in [3.8, 4) is 5.75 Å². The van der Waals surface area contributed by atoms with Gasteiger partial charge in [-0.25, -0.2) is 0 Å². The third kappa shape index (κ3) is 2.44. The van der Waals surface area contributed by atoms with Crippen molar-refractivity contribution in [1.29, 1.82) is 0 Å². The molecule has 11 heavy (non-hydrogen) atoms. The van der Waals surface area contributed by atoms with E-state index in [2.05, 4.69) is 0 Å². The lowest BCUT2D eigenvalue weighted by molar-refractivity contribution is 0.329. The Morgan fingerprint density at radius 1 is 1.36 bits per heavy atom. The molecule has 0 fully saturated rings. The summed E-state index contributed by atoms with van der Waals surface area (Å²) in [5, 5.41) is 0. The van der Waals surface area contributed by atoms with Gasteiger partial charge in [0.1, 0.15) is 12.5 Å². The fraction of sp³-hybridized carbons (Fsp3) is 0.250. The maximum Gasteiger partial charge on any atom is 0.137 e. The Morgan fingerprint density at radius 3 is 2.45 bits per heavy atom. The lowest BCUT2D eigenvalue weighted by Gasteiger charge is -2.02. The smallest absolute Gasteiger partial charge is 0.137 e. The number of nitrogens with two attached hydrogens (primary N) is 1. The Kier molecular flexibility index (Phi) is 3.26. The van der Waals surface area contributed by atoms with Crippen LogP contribution < -0.4 is 10.5 Å². The van der Waals surface area contributed by atoms with E-state index in [1.165, 1.54) is 4.90 Å². The number of rotatable bonds is 3. The van der Waals surface area contributed by atoms with Crippen molar-refractivity contribution in [3.63, 3.8) is 0 Å². The van der Waals surface area contributed by atoms with E-state index in [0.717, 1.165) is 5.75 Å². The Hall–Kier alpha value is -0.670. The summed E-state index contributed by atoms with van der Waals surface area (Å²) < 4.78 is 5.07. The van der Waals surface area contributed by atoms with Crippen LogP contribution in [0, 0.1) is 0 Å². The first kappa shape index (κ1) is 8.43. The first-order valence-electron chi connectivity index (χ1n) is 3.33. The molecular formula is C8H11NOS. The first-order chi connectivity index (χ1) is 5.36. The van der Waals surface area contributed by atoms with Crippen molar-refractivity contribution >= 4 is 11.8 Å². The van der Waals surface area contributed by atoms with Crippen molar-refractivity contribution in [1.82, 2.24) is 0 Å². The number of hydrogen-bond acceptors (Lipinski definition) is 3. The molecule has 0 amide bonds. The minimum absolute atomic E-state index is 0.235. The van der Waals surface area contributed by atoms with Crippen LogP contribution in [-0.4, -0.2) is 13.0 Å². The van der Waals surface area contributed by atoms with Gasteiger partial charge in [0.25, 0.3) is 0 Å². The number of thioether (sulfide) groups is 1. The zero-order valence-electron chi connectivity index (χ0n) is 6.41. The van der Waals surface area contributed by atoms with E-state index in [4.69, 9.17) is 10.5 Å². The van der Waals surface area contributed by atoms with E-state index in [1.807, 2.05) is 30.5 Å². The highest BCUT2D eigenvalue weighted by molar-refractivity contribution is 7.98. The Morgan fingerprint density at radius 2 is 2.00 bits per heavy atom. The van der Waals surface area contributed by atoms with Crippen LogP contribution in [0.4, 0.5) is 0 Å². The summed E-state index contributed by atoms with van der Waals surface area (Å²) in [4.78, 5) is 1.23. The summed E-state index contributed by atoms with van der Waals surface area (Å²) in [7, 11) is 0. The summed E-state index contributed by atoms with van der Waals surface area (Å²) in [6.45, 7) is 0.235. The molecule has 60 valence electrons. The van der Waals surface area contributed by atoms with Crippen molar-refractivity contribution < 1.29 is 4.74 Å². The maximum absolute atomic E-state index is 5.20. The van der Waals surface area contributed by atoms with Crippen molar-refractivity contribution in [2.75, 3.05) is 13.0 Å². The molecule has 0 radical (unpaired) electrons. The Balaban J connectivity index is 2.66. The quantitative estimate of drug-likeness (QED) is 0.552. The van der Waals surface area contributed by atoms with Gasteiger partial charge in [0.05, 0.1) is 0 Å². The monoisotopic (exact) mass is 169 g/mol. The summed E-state index contributed by atoms with van der Waals surface area (Å²) in [6.07, 6.45) is 2.04. The van der Waals surface area contributed by atoms with Crippen LogP contribution in [0.5, 0.6) is 5.75 Å². The van der Waals surface area contributed by atoms with Crippen molar-refractivity contribution in [3.05, 3.63) is 24.3 Å². The molecule has 0 saturated carbocycles. The normalized spacial score (nSPS) is 9.64. The van der Waals surface area contributed by atoms with Crippen molar-refractivity contribution in [2.45, 2.75) is 4.90 Å². The summed E-state index contributed by atoms with van der Waals surface area (Å²) >= 11 is 1.71. The third-order valence-electron chi connectivity index (χ3n) is 1.31. The predicted octanol–water partition coefficient (Wildman–Crippen LogP) is 1.70. The molecular weight excluding hydrogens is 158 g/mol. The van der Waals surface area contributed by atoms with Crippen LogP contribution in [0.25, 0.3) is 0 Å². The molecule has 0 bridgehead atoms. The summed E-state index contributed by atoms with van der Waals surface area (Å²) in [5.41, 5.74) is 5.20. The van der Waals surface area contributed by atoms with Gasteiger partial charge in [-0.3, -0.25) is 5.73 Å². The van der Waals surface area contributed by atoms with E-state index in [1.54, 1.807) is 11.8 Å². The Labute approximate surface area is 70.7 Å². The van der Waals surface area contributed by atoms with Gasteiger partial charge in [0.2, 0.25) is 0 Å². The van der Waals surface area contributed by atoms with Gasteiger partial charge in [0, 0.05) is 4.90 Å². The van der Waals surface area contributed by atoms with E-state index in [9.17, 15) is 0 Å². The van der Waals surface area contributed by atoms with Crippen LogP contribution >= 0.6 is 11.8 Å². The minimum atomic E-state index is 0.235. The highest BCUT2D eigenvalue weighted by atomic mass is 32.2. The first-order valence-corrected chi connectivity index (χ1v) is 4.56. The molecule has 2 N–H and O–H groups in total. The lowest BCUT2D eigenvalue weighted by atomic mass is 10.3. The molecule has 0 spiro atoms. The molecule has 0 aromatic heterocycles. The van der Waals surface area contributed by atoms with Crippen LogP contribution in [0.3, 0.4) is 0 Å². The van der Waals surface area contributed by atoms with Gasteiger partial charge in [0.15, 0.2) is 0 Å². The molecule has 0 aliphatic carbocycles. The standard InChI is InChI=1S/C8H11NOS/c1-11-8-4-2-7(3-5-8)10-6-9/h2-5H,6,9H2,1H3. The number of benzene rings is 1. The van der Waals surface area contributed by atoms with Crippen molar-refractivity contribution in [2.24, 2.45) is 5.73 Å². The average molecular weight is 169 g/mol. The second-order valence-corrected chi connectivity index (χ2v) is 2.87. The topological polar surface area (TPSA) is 35.2 Å². The molecule has 0 unspecified atom stereocenters. The van der Waals surface area contributed by atoms with Gasteiger partial charge in [-0.15, -0.1) is 11.8 Å². The lowest BCUT2D eigenvalue weighted by Crippen LogP contribution is -2.06. The zero-order chi connectivity index (χ0) is 8.10. The third-order valence-corrected chi connectivity index (χ3v) is 2.05. The van der Waals surface area contributed by atoms with Gasteiger partial charge < -0.3 is 4.74 Å². The highest BCUT2D eigenvalue weighted by Gasteiger charge is 1.91. The van der Waals surface area contributed by atoms with E-state index < -0.39 is 0 Å². The van der Waals surface area contributed by atoms with E-state index in [0.29, 0.717) is 0 Å². The molecule has 0 heterocycles. The molecule has 0 saturated heterocycles. The van der Waals surface area contributed by atoms with E-state index >= 15 is 0 Å². The van der Waals surface area contributed by atoms with Crippen LogP contribution in [0.1, 0.15) is 0 Å². The molecule has 1 rings (SSSR count). The Bertz CT molecular complexity index is 210. The van der Waals surface area contributed by atoms with Gasteiger partial charge in [-0.1, -0.05) is 0 Å². The summed E-state index contributed by atoms with van der Waals surface area (Å²) in [6, 6.07) is 7.85. The number of hydrogen-bond donors (Lipinski definition) is 1. The second-order valence-electron chi connectivity index (χ2n) is 1.99. The zero-order valence-corrected chi connectivity index (χ0v) is 7.23. The van der Waals surface area contributed by atoms with Gasteiger partial charge >= 0.3 is 0 Å². The van der Waals surface area contributed by atoms with Crippen LogP contribution in [-0.2, 0) is 0 Å². The average Bonchev–Trinajstić information content (AvgIpc) is 2.07. The SMILES string of the molecule is CSc1ccc(OCN)cc1. The van der Waals surface area contributed by atoms with Gasteiger partial charge in [-0.05, 0) is 30.5 Å². The predicted molar refractivity (Wildman–Crippen MR) is 47.9 cm³/mol. The molecule has 0 atom stereocenters. The largest absolute Gasteiger partial charge is 0.479 e. The molecule has 3 heteroatoms. The molecule has 0 aliphatic heterocycles. The molecule has 0 aliphatic rings. The van der Waals surface area contributed by atoms with E-state index in [-0.39, 0.29) is 6.73 Å².